The Morgan fingerprint density at radius 1 is 1.26 bits per heavy atom. The molecule has 3 atom stereocenters. The summed E-state index contributed by atoms with van der Waals surface area (Å²) in [7, 11) is 0. The highest BCUT2D eigenvalue weighted by molar-refractivity contribution is 7.16. The van der Waals surface area contributed by atoms with Crippen molar-refractivity contribution in [1.82, 2.24) is 9.97 Å². The standard InChI is InChI=1S/C14H17ClN2OS/c1-8-3-4-10(7-9(8)2)18-12-11-5-6-19-13(11)17-14(15)16-12/h5-6,8-10H,3-4,7H2,1-2H3. The third kappa shape index (κ3) is 2.70. The van der Waals surface area contributed by atoms with Crippen LogP contribution < -0.4 is 4.74 Å². The van der Waals surface area contributed by atoms with Gasteiger partial charge in [-0.3, -0.25) is 0 Å². The largest absolute Gasteiger partial charge is 0.474 e. The number of fused-ring (bicyclic) bond motifs is 1. The molecule has 0 spiro atoms. The van der Waals surface area contributed by atoms with Crippen LogP contribution in [-0.4, -0.2) is 16.1 Å². The smallest absolute Gasteiger partial charge is 0.227 e. The second-order valence-electron chi connectivity index (χ2n) is 5.44. The number of hydrogen-bond donors (Lipinski definition) is 0. The maximum absolute atomic E-state index is 6.10. The molecule has 0 aliphatic heterocycles. The number of nitrogens with zero attached hydrogens (tertiary/aromatic N) is 2. The van der Waals surface area contributed by atoms with Crippen LogP contribution in [0.4, 0.5) is 0 Å². The molecule has 0 bridgehead atoms. The molecule has 0 N–H and O–H groups in total. The zero-order valence-electron chi connectivity index (χ0n) is 11.1. The minimum absolute atomic E-state index is 0.250. The van der Waals surface area contributed by atoms with E-state index >= 15 is 0 Å². The lowest BCUT2D eigenvalue weighted by Gasteiger charge is -2.32. The van der Waals surface area contributed by atoms with Gasteiger partial charge in [-0.2, -0.15) is 4.98 Å². The van der Waals surface area contributed by atoms with Crippen molar-refractivity contribution in [2.45, 2.75) is 39.2 Å². The lowest BCUT2D eigenvalue weighted by molar-refractivity contribution is 0.0979. The second kappa shape index (κ2) is 5.25. The van der Waals surface area contributed by atoms with Gasteiger partial charge >= 0.3 is 0 Å². The average molecular weight is 297 g/mol. The van der Waals surface area contributed by atoms with Crippen molar-refractivity contribution < 1.29 is 4.74 Å². The van der Waals surface area contributed by atoms with E-state index in [4.69, 9.17) is 16.3 Å². The predicted molar refractivity (Wildman–Crippen MR) is 79.0 cm³/mol. The Labute approximate surface area is 122 Å². The monoisotopic (exact) mass is 296 g/mol. The third-order valence-electron chi connectivity index (χ3n) is 4.09. The Hall–Kier alpha value is -0.870. The van der Waals surface area contributed by atoms with Crippen molar-refractivity contribution in [3.63, 3.8) is 0 Å². The number of aromatic nitrogens is 2. The lowest BCUT2D eigenvalue weighted by atomic mass is 9.80. The van der Waals surface area contributed by atoms with Gasteiger partial charge in [-0.05, 0) is 54.1 Å². The summed E-state index contributed by atoms with van der Waals surface area (Å²) in [6.07, 6.45) is 3.66. The van der Waals surface area contributed by atoms with E-state index in [1.165, 1.54) is 6.42 Å². The first-order valence-corrected chi connectivity index (χ1v) is 7.96. The summed E-state index contributed by atoms with van der Waals surface area (Å²) >= 11 is 7.52. The summed E-state index contributed by atoms with van der Waals surface area (Å²) in [6, 6.07) is 2.00. The predicted octanol–water partition coefficient (Wildman–Crippen LogP) is 4.55. The van der Waals surface area contributed by atoms with Crippen LogP contribution >= 0.6 is 22.9 Å². The molecule has 102 valence electrons. The van der Waals surface area contributed by atoms with E-state index in [1.54, 1.807) is 11.3 Å². The molecule has 1 fully saturated rings. The van der Waals surface area contributed by atoms with Crippen LogP contribution in [0.5, 0.6) is 5.88 Å². The van der Waals surface area contributed by atoms with E-state index < -0.39 is 0 Å². The molecule has 1 saturated carbocycles. The fourth-order valence-electron chi connectivity index (χ4n) is 2.66. The van der Waals surface area contributed by atoms with Crippen molar-refractivity contribution >= 4 is 33.2 Å². The van der Waals surface area contributed by atoms with E-state index in [9.17, 15) is 0 Å². The molecule has 19 heavy (non-hydrogen) atoms. The number of halogens is 1. The Bertz CT molecular complexity index is 586. The zero-order chi connectivity index (χ0) is 13.4. The van der Waals surface area contributed by atoms with Crippen LogP contribution in [0.25, 0.3) is 10.2 Å². The van der Waals surface area contributed by atoms with Gasteiger partial charge < -0.3 is 4.74 Å². The molecule has 0 aromatic carbocycles. The number of hydrogen-bond acceptors (Lipinski definition) is 4. The minimum Gasteiger partial charge on any atom is -0.474 e. The molecule has 2 aromatic heterocycles. The van der Waals surface area contributed by atoms with Gasteiger partial charge in [0.2, 0.25) is 11.2 Å². The van der Waals surface area contributed by atoms with Crippen LogP contribution in [0.3, 0.4) is 0 Å². The van der Waals surface area contributed by atoms with E-state index in [-0.39, 0.29) is 11.4 Å². The fraction of sp³-hybridized carbons (Fsp3) is 0.571. The Kier molecular flexibility index (Phi) is 3.63. The SMILES string of the molecule is CC1CCC(Oc2nc(Cl)nc3sccc23)CC1C. The summed E-state index contributed by atoms with van der Waals surface area (Å²) in [5, 5.41) is 3.23. The lowest BCUT2D eigenvalue weighted by Crippen LogP contribution is -2.29. The summed E-state index contributed by atoms with van der Waals surface area (Å²) in [5.74, 6) is 2.13. The maximum Gasteiger partial charge on any atom is 0.227 e. The van der Waals surface area contributed by atoms with Gasteiger partial charge in [-0.1, -0.05) is 13.8 Å². The van der Waals surface area contributed by atoms with Gasteiger partial charge in [-0.15, -0.1) is 11.3 Å². The van der Waals surface area contributed by atoms with Gasteiger partial charge in [0, 0.05) is 0 Å². The Morgan fingerprint density at radius 2 is 2.11 bits per heavy atom. The molecule has 5 heteroatoms. The van der Waals surface area contributed by atoms with Gasteiger partial charge in [-0.25, -0.2) is 4.98 Å². The number of thiophene rings is 1. The zero-order valence-corrected chi connectivity index (χ0v) is 12.7. The van der Waals surface area contributed by atoms with Crippen LogP contribution in [-0.2, 0) is 0 Å². The van der Waals surface area contributed by atoms with Crippen molar-refractivity contribution in [3.8, 4) is 5.88 Å². The summed E-state index contributed by atoms with van der Waals surface area (Å²) in [4.78, 5) is 9.36. The van der Waals surface area contributed by atoms with E-state index in [0.717, 1.165) is 29.0 Å². The van der Waals surface area contributed by atoms with Crippen molar-refractivity contribution in [2.75, 3.05) is 0 Å². The van der Waals surface area contributed by atoms with Crippen molar-refractivity contribution in [1.29, 1.82) is 0 Å². The third-order valence-corrected chi connectivity index (χ3v) is 5.07. The highest BCUT2D eigenvalue weighted by Crippen LogP contribution is 2.34. The highest BCUT2D eigenvalue weighted by Gasteiger charge is 2.26. The molecule has 1 aliphatic rings. The Morgan fingerprint density at radius 3 is 2.89 bits per heavy atom. The van der Waals surface area contributed by atoms with E-state index in [2.05, 4.69) is 23.8 Å². The second-order valence-corrected chi connectivity index (χ2v) is 6.68. The normalized spacial score (nSPS) is 27.6. The molecule has 3 unspecified atom stereocenters. The highest BCUT2D eigenvalue weighted by atomic mass is 35.5. The molecule has 2 heterocycles. The number of ether oxygens (including phenoxy) is 1. The molecule has 3 rings (SSSR count). The first kappa shape index (κ1) is 13.1. The molecule has 3 nitrogen and oxygen atoms in total. The molecular formula is C14H17ClN2OS. The summed E-state index contributed by atoms with van der Waals surface area (Å²) in [5.41, 5.74) is 0. The van der Waals surface area contributed by atoms with E-state index in [0.29, 0.717) is 11.8 Å². The molecular weight excluding hydrogens is 280 g/mol. The Balaban J connectivity index is 1.83. The fourth-order valence-corrected chi connectivity index (χ4v) is 3.62. The number of rotatable bonds is 2. The van der Waals surface area contributed by atoms with Crippen LogP contribution in [0.2, 0.25) is 5.28 Å². The van der Waals surface area contributed by atoms with Gasteiger partial charge in [0.25, 0.3) is 0 Å². The van der Waals surface area contributed by atoms with Crippen LogP contribution in [0, 0.1) is 11.8 Å². The summed E-state index contributed by atoms with van der Waals surface area (Å²) in [6.45, 7) is 4.62. The molecule has 1 aliphatic carbocycles. The quantitative estimate of drug-likeness (QED) is 0.763. The first-order valence-electron chi connectivity index (χ1n) is 6.71. The maximum atomic E-state index is 6.10. The average Bonchev–Trinajstić information content (AvgIpc) is 2.82. The molecule has 0 saturated heterocycles. The molecule has 0 amide bonds. The van der Waals surface area contributed by atoms with Gasteiger partial charge in [0.1, 0.15) is 10.9 Å². The molecule has 2 aromatic rings. The summed E-state index contributed by atoms with van der Waals surface area (Å²) < 4.78 is 6.10. The first-order chi connectivity index (χ1) is 9.13. The van der Waals surface area contributed by atoms with Crippen LogP contribution in [0.1, 0.15) is 33.1 Å². The minimum atomic E-state index is 0.250. The van der Waals surface area contributed by atoms with Crippen LogP contribution in [0.15, 0.2) is 11.4 Å². The van der Waals surface area contributed by atoms with E-state index in [1.807, 2.05) is 11.4 Å². The van der Waals surface area contributed by atoms with Gasteiger partial charge in [0.05, 0.1) is 5.39 Å². The van der Waals surface area contributed by atoms with Crippen molar-refractivity contribution in [3.05, 3.63) is 16.7 Å². The topological polar surface area (TPSA) is 35.0 Å². The van der Waals surface area contributed by atoms with Gasteiger partial charge in [0.15, 0.2) is 0 Å². The van der Waals surface area contributed by atoms with Crippen molar-refractivity contribution in [2.24, 2.45) is 11.8 Å². The molecule has 0 radical (unpaired) electrons.